The number of hydrogen-bond acceptors (Lipinski definition) is 5. The smallest absolute Gasteiger partial charge is 0.341 e. The molecule has 128 valence electrons. The summed E-state index contributed by atoms with van der Waals surface area (Å²) in [5.41, 5.74) is 7.41. The molecule has 0 aliphatic heterocycles. The van der Waals surface area contributed by atoms with Crippen LogP contribution in [0.2, 0.25) is 0 Å². The second kappa shape index (κ2) is 7.35. The Morgan fingerprint density at radius 2 is 1.96 bits per heavy atom. The second-order valence-corrected chi connectivity index (χ2v) is 7.39. The maximum atomic E-state index is 12.2. The van der Waals surface area contributed by atoms with Crippen LogP contribution in [0.1, 0.15) is 13.3 Å². The molecule has 7 heteroatoms. The first-order chi connectivity index (χ1) is 11.3. The highest BCUT2D eigenvalue weighted by molar-refractivity contribution is 7.91. The van der Waals surface area contributed by atoms with Gasteiger partial charge in [0, 0.05) is 11.3 Å². The molecule has 0 aliphatic carbocycles. The molecule has 0 radical (unpaired) electrons. The Balaban J connectivity index is 2.48. The minimum Gasteiger partial charge on any atom is -0.481 e. The summed E-state index contributed by atoms with van der Waals surface area (Å²) in [7, 11) is -3.36. The fourth-order valence-corrected chi connectivity index (χ4v) is 3.65. The van der Waals surface area contributed by atoms with Crippen LogP contribution in [0.25, 0.3) is 11.1 Å². The molecule has 24 heavy (non-hydrogen) atoms. The molecule has 2 aromatic rings. The number of sulfone groups is 1. The zero-order valence-corrected chi connectivity index (χ0v) is 14.0. The molecule has 0 heterocycles. The van der Waals surface area contributed by atoms with Gasteiger partial charge in [-0.1, -0.05) is 19.1 Å². The van der Waals surface area contributed by atoms with Crippen LogP contribution >= 0.6 is 0 Å². The molecule has 0 aliphatic rings. The lowest BCUT2D eigenvalue weighted by molar-refractivity contribution is -0.139. The summed E-state index contributed by atoms with van der Waals surface area (Å²) in [6.07, 6.45) is 0.526. The van der Waals surface area contributed by atoms with Gasteiger partial charge in [-0.3, -0.25) is 0 Å². The van der Waals surface area contributed by atoms with E-state index in [4.69, 9.17) is 15.6 Å². The summed E-state index contributed by atoms with van der Waals surface area (Å²) < 4.78 is 29.8. The van der Waals surface area contributed by atoms with Crippen LogP contribution in [-0.4, -0.2) is 31.9 Å². The number of anilines is 1. The van der Waals surface area contributed by atoms with Crippen molar-refractivity contribution in [2.45, 2.75) is 18.2 Å². The predicted octanol–water partition coefficient (Wildman–Crippen LogP) is 2.58. The fraction of sp³-hybridized carbons (Fsp3) is 0.235. The topological polar surface area (TPSA) is 107 Å². The summed E-state index contributed by atoms with van der Waals surface area (Å²) in [6, 6.07) is 11.3. The van der Waals surface area contributed by atoms with Crippen LogP contribution in [0, 0.1) is 0 Å². The van der Waals surface area contributed by atoms with Crippen molar-refractivity contribution in [1.29, 1.82) is 0 Å². The predicted molar refractivity (Wildman–Crippen MR) is 91.8 cm³/mol. The molecule has 0 unspecified atom stereocenters. The standard InChI is InChI=1S/C17H19NO5S/c1-2-8-24(21,22)14-5-3-4-12(9-14)15-10-13(18)6-7-16(15)23-11-17(19)20/h3-7,9-10H,2,8,11,18H2,1H3,(H,19,20). The largest absolute Gasteiger partial charge is 0.481 e. The lowest BCUT2D eigenvalue weighted by Crippen LogP contribution is -2.10. The monoisotopic (exact) mass is 349 g/mol. The molecule has 3 N–H and O–H groups in total. The zero-order valence-electron chi connectivity index (χ0n) is 13.2. The number of benzene rings is 2. The van der Waals surface area contributed by atoms with E-state index in [0.29, 0.717) is 29.0 Å². The number of carboxylic acid groups (broad SMARTS) is 1. The molecule has 0 saturated heterocycles. The second-order valence-electron chi connectivity index (χ2n) is 5.28. The quantitative estimate of drug-likeness (QED) is 0.744. The van der Waals surface area contributed by atoms with Gasteiger partial charge >= 0.3 is 5.97 Å². The summed E-state index contributed by atoms with van der Waals surface area (Å²) in [4.78, 5) is 10.9. The number of aliphatic carboxylic acids is 1. The van der Waals surface area contributed by atoms with Crippen molar-refractivity contribution < 1.29 is 23.1 Å². The third kappa shape index (κ3) is 4.26. The van der Waals surface area contributed by atoms with Crippen molar-refractivity contribution in [1.82, 2.24) is 0 Å². The average Bonchev–Trinajstić information content (AvgIpc) is 2.53. The molecule has 0 spiro atoms. The van der Waals surface area contributed by atoms with E-state index in [2.05, 4.69) is 0 Å². The molecule has 0 saturated carbocycles. The van der Waals surface area contributed by atoms with Crippen LogP contribution in [0.15, 0.2) is 47.4 Å². The highest BCUT2D eigenvalue weighted by Crippen LogP contribution is 2.33. The number of ether oxygens (including phenoxy) is 1. The van der Waals surface area contributed by atoms with E-state index in [0.717, 1.165) is 0 Å². The number of hydrogen-bond donors (Lipinski definition) is 2. The van der Waals surface area contributed by atoms with Crippen molar-refractivity contribution in [2.75, 3.05) is 18.1 Å². The lowest BCUT2D eigenvalue weighted by Gasteiger charge is -2.12. The van der Waals surface area contributed by atoms with Gasteiger partial charge in [0.2, 0.25) is 0 Å². The van der Waals surface area contributed by atoms with E-state index in [1.54, 1.807) is 49.4 Å². The summed E-state index contributed by atoms with van der Waals surface area (Å²) in [5, 5.41) is 8.77. The van der Waals surface area contributed by atoms with Gasteiger partial charge < -0.3 is 15.6 Å². The molecular formula is C17H19NO5S. The maximum absolute atomic E-state index is 12.2. The van der Waals surface area contributed by atoms with Crippen molar-refractivity contribution in [3.63, 3.8) is 0 Å². The van der Waals surface area contributed by atoms with Gasteiger partial charge in [0.05, 0.1) is 10.6 Å². The average molecular weight is 349 g/mol. The third-order valence-corrected chi connectivity index (χ3v) is 5.25. The van der Waals surface area contributed by atoms with Crippen molar-refractivity contribution in [2.24, 2.45) is 0 Å². The number of rotatable bonds is 7. The van der Waals surface area contributed by atoms with Crippen LogP contribution in [0.3, 0.4) is 0 Å². The van der Waals surface area contributed by atoms with E-state index in [-0.39, 0.29) is 10.6 Å². The van der Waals surface area contributed by atoms with Crippen LogP contribution in [0.5, 0.6) is 5.75 Å². The first-order valence-electron chi connectivity index (χ1n) is 7.41. The number of carbonyl (C=O) groups is 1. The third-order valence-electron chi connectivity index (χ3n) is 3.33. The van der Waals surface area contributed by atoms with Crippen LogP contribution < -0.4 is 10.5 Å². The van der Waals surface area contributed by atoms with Gasteiger partial charge in [0.15, 0.2) is 16.4 Å². The number of nitrogen functional groups attached to an aromatic ring is 1. The zero-order chi connectivity index (χ0) is 17.7. The molecule has 6 nitrogen and oxygen atoms in total. The molecule has 0 aromatic heterocycles. The Morgan fingerprint density at radius 3 is 2.62 bits per heavy atom. The molecule has 0 fully saturated rings. The molecule has 0 atom stereocenters. The highest BCUT2D eigenvalue weighted by atomic mass is 32.2. The maximum Gasteiger partial charge on any atom is 0.341 e. The van der Waals surface area contributed by atoms with Gasteiger partial charge in [-0.05, 0) is 42.3 Å². The van der Waals surface area contributed by atoms with E-state index < -0.39 is 22.4 Å². The van der Waals surface area contributed by atoms with E-state index in [9.17, 15) is 13.2 Å². The Kier molecular flexibility index (Phi) is 5.46. The minimum atomic E-state index is -3.36. The van der Waals surface area contributed by atoms with E-state index in [1.807, 2.05) is 0 Å². The summed E-state index contributed by atoms with van der Waals surface area (Å²) in [5.74, 6) is -0.705. The Hall–Kier alpha value is -2.54. The number of nitrogens with two attached hydrogens (primary N) is 1. The number of carboxylic acids is 1. The SMILES string of the molecule is CCCS(=O)(=O)c1cccc(-c2cc(N)ccc2OCC(=O)O)c1. The van der Waals surface area contributed by atoms with Gasteiger partial charge in [-0.25, -0.2) is 13.2 Å². The van der Waals surface area contributed by atoms with Crippen LogP contribution in [-0.2, 0) is 14.6 Å². The van der Waals surface area contributed by atoms with Crippen molar-refractivity contribution in [3.8, 4) is 16.9 Å². The summed E-state index contributed by atoms with van der Waals surface area (Å²) in [6.45, 7) is 1.31. The molecule has 2 aromatic carbocycles. The van der Waals surface area contributed by atoms with Crippen molar-refractivity contribution in [3.05, 3.63) is 42.5 Å². The molecule has 0 amide bonds. The Labute approximate surface area is 140 Å². The first-order valence-corrected chi connectivity index (χ1v) is 9.06. The van der Waals surface area contributed by atoms with Gasteiger partial charge in [0.1, 0.15) is 5.75 Å². The normalized spacial score (nSPS) is 11.2. The fourth-order valence-electron chi connectivity index (χ4n) is 2.28. The highest BCUT2D eigenvalue weighted by Gasteiger charge is 2.15. The minimum absolute atomic E-state index is 0.0652. The first kappa shape index (κ1) is 17.8. The van der Waals surface area contributed by atoms with Gasteiger partial charge in [-0.15, -0.1) is 0 Å². The Morgan fingerprint density at radius 1 is 1.21 bits per heavy atom. The van der Waals surface area contributed by atoms with E-state index >= 15 is 0 Å². The van der Waals surface area contributed by atoms with Crippen LogP contribution in [0.4, 0.5) is 5.69 Å². The van der Waals surface area contributed by atoms with Crippen molar-refractivity contribution >= 4 is 21.5 Å². The molecular weight excluding hydrogens is 330 g/mol. The summed E-state index contributed by atoms with van der Waals surface area (Å²) >= 11 is 0. The molecule has 0 bridgehead atoms. The van der Waals surface area contributed by atoms with Gasteiger partial charge in [0.25, 0.3) is 0 Å². The Bertz CT molecular complexity index is 846. The van der Waals surface area contributed by atoms with E-state index in [1.165, 1.54) is 0 Å². The lowest BCUT2D eigenvalue weighted by atomic mass is 10.0. The molecule has 2 rings (SSSR count). The van der Waals surface area contributed by atoms with Gasteiger partial charge in [-0.2, -0.15) is 0 Å².